The first-order chi connectivity index (χ1) is 8.42. The highest BCUT2D eigenvalue weighted by atomic mass is 16.1. The van der Waals surface area contributed by atoms with E-state index in [-0.39, 0.29) is 17.4 Å². The highest BCUT2D eigenvalue weighted by Crippen LogP contribution is 2.22. The Morgan fingerprint density at radius 2 is 1.83 bits per heavy atom. The quantitative estimate of drug-likeness (QED) is 0.834. The largest absolute Gasteiger partial charge is 0.349 e. The third-order valence-electron chi connectivity index (χ3n) is 2.81. The Kier molecular flexibility index (Phi) is 5.39. The Labute approximate surface area is 111 Å². The summed E-state index contributed by atoms with van der Waals surface area (Å²) in [6.07, 6.45) is 2.62. The second-order valence-corrected chi connectivity index (χ2v) is 6.06. The molecule has 0 radical (unpaired) electrons. The monoisotopic (exact) mass is 247 g/mol. The summed E-state index contributed by atoms with van der Waals surface area (Å²) < 4.78 is 0. The molecule has 0 spiro atoms. The average Bonchev–Trinajstić information content (AvgIpc) is 2.27. The van der Waals surface area contributed by atoms with Gasteiger partial charge in [0.05, 0.1) is 6.04 Å². The summed E-state index contributed by atoms with van der Waals surface area (Å²) in [6, 6.07) is 10.4. The molecule has 0 bridgehead atoms. The van der Waals surface area contributed by atoms with E-state index in [2.05, 4.69) is 45.1 Å². The smallest absolute Gasteiger partial charge is 0.221 e. The molecule has 0 aliphatic heterocycles. The Hall–Kier alpha value is -1.31. The lowest BCUT2D eigenvalue weighted by Gasteiger charge is -2.22. The number of amides is 1. The molecular formula is C16H25NO. The second kappa shape index (κ2) is 6.58. The molecule has 1 atom stereocenters. The van der Waals surface area contributed by atoms with Gasteiger partial charge in [-0.3, -0.25) is 4.79 Å². The van der Waals surface area contributed by atoms with Gasteiger partial charge in [0.1, 0.15) is 0 Å². The van der Waals surface area contributed by atoms with Crippen LogP contribution in [0.2, 0.25) is 0 Å². The lowest BCUT2D eigenvalue weighted by molar-refractivity contribution is -0.123. The molecule has 18 heavy (non-hydrogen) atoms. The van der Waals surface area contributed by atoms with Gasteiger partial charge < -0.3 is 5.32 Å². The van der Waals surface area contributed by atoms with Crippen LogP contribution < -0.4 is 5.32 Å². The highest BCUT2D eigenvalue weighted by molar-refractivity contribution is 5.77. The summed E-state index contributed by atoms with van der Waals surface area (Å²) >= 11 is 0. The molecule has 0 saturated carbocycles. The van der Waals surface area contributed by atoms with Gasteiger partial charge in [-0.2, -0.15) is 0 Å². The molecule has 0 aromatic heterocycles. The van der Waals surface area contributed by atoms with Crippen LogP contribution in [-0.4, -0.2) is 5.91 Å². The van der Waals surface area contributed by atoms with Gasteiger partial charge in [-0.05, 0) is 17.4 Å². The van der Waals surface area contributed by atoms with Crippen LogP contribution >= 0.6 is 0 Å². The van der Waals surface area contributed by atoms with E-state index in [9.17, 15) is 4.79 Å². The molecule has 100 valence electrons. The standard InChI is InChI=1S/C16H25NO/c1-5-9-14(13-10-7-6-8-11-13)17-15(18)12-16(2,3)4/h6-8,10-11,14H,5,9,12H2,1-4H3,(H,17,18). The molecule has 0 aliphatic rings. The van der Waals surface area contributed by atoms with Gasteiger partial charge in [0.25, 0.3) is 0 Å². The van der Waals surface area contributed by atoms with Crippen molar-refractivity contribution in [2.45, 2.75) is 53.0 Å². The van der Waals surface area contributed by atoms with E-state index in [1.165, 1.54) is 5.56 Å². The summed E-state index contributed by atoms with van der Waals surface area (Å²) in [4.78, 5) is 12.0. The number of carbonyl (C=O) groups excluding carboxylic acids is 1. The van der Waals surface area contributed by atoms with Crippen LogP contribution in [0.25, 0.3) is 0 Å². The van der Waals surface area contributed by atoms with E-state index >= 15 is 0 Å². The fourth-order valence-electron chi connectivity index (χ4n) is 2.02. The predicted molar refractivity (Wildman–Crippen MR) is 76.3 cm³/mol. The maximum atomic E-state index is 12.0. The Morgan fingerprint density at radius 1 is 1.22 bits per heavy atom. The van der Waals surface area contributed by atoms with Crippen molar-refractivity contribution in [1.82, 2.24) is 5.32 Å². The Bertz CT molecular complexity index is 364. The molecule has 1 unspecified atom stereocenters. The van der Waals surface area contributed by atoms with Crippen molar-refractivity contribution in [3.63, 3.8) is 0 Å². The van der Waals surface area contributed by atoms with Crippen molar-refractivity contribution in [2.24, 2.45) is 5.41 Å². The number of nitrogens with one attached hydrogen (secondary N) is 1. The molecule has 0 heterocycles. The molecule has 2 heteroatoms. The van der Waals surface area contributed by atoms with Crippen molar-refractivity contribution in [1.29, 1.82) is 0 Å². The molecular weight excluding hydrogens is 222 g/mol. The van der Waals surface area contributed by atoms with Crippen molar-refractivity contribution < 1.29 is 4.79 Å². The lowest BCUT2D eigenvalue weighted by Crippen LogP contribution is -2.31. The maximum Gasteiger partial charge on any atom is 0.221 e. The van der Waals surface area contributed by atoms with Gasteiger partial charge in [0, 0.05) is 6.42 Å². The van der Waals surface area contributed by atoms with Crippen LogP contribution in [0.5, 0.6) is 0 Å². The van der Waals surface area contributed by atoms with Crippen LogP contribution in [-0.2, 0) is 4.79 Å². The van der Waals surface area contributed by atoms with Gasteiger partial charge in [0.2, 0.25) is 5.91 Å². The molecule has 0 saturated heterocycles. The SMILES string of the molecule is CCCC(NC(=O)CC(C)(C)C)c1ccccc1. The fourth-order valence-corrected chi connectivity index (χ4v) is 2.02. The summed E-state index contributed by atoms with van der Waals surface area (Å²) in [7, 11) is 0. The highest BCUT2D eigenvalue weighted by Gasteiger charge is 2.19. The van der Waals surface area contributed by atoms with Gasteiger partial charge in [-0.25, -0.2) is 0 Å². The van der Waals surface area contributed by atoms with E-state index in [0.717, 1.165) is 12.8 Å². The summed E-state index contributed by atoms with van der Waals surface area (Å²) in [5.41, 5.74) is 1.24. The van der Waals surface area contributed by atoms with Crippen molar-refractivity contribution in [2.75, 3.05) is 0 Å². The average molecular weight is 247 g/mol. The topological polar surface area (TPSA) is 29.1 Å². The Balaban J connectivity index is 2.67. The number of benzene rings is 1. The number of rotatable bonds is 5. The van der Waals surface area contributed by atoms with Crippen LogP contribution in [0.1, 0.15) is 58.6 Å². The van der Waals surface area contributed by atoms with Crippen LogP contribution in [0, 0.1) is 5.41 Å². The summed E-state index contributed by atoms with van der Waals surface area (Å²) in [6.45, 7) is 8.41. The number of hydrogen-bond acceptors (Lipinski definition) is 1. The normalized spacial score (nSPS) is 13.1. The molecule has 2 nitrogen and oxygen atoms in total. The zero-order valence-electron chi connectivity index (χ0n) is 12.0. The zero-order chi connectivity index (χ0) is 13.6. The zero-order valence-corrected chi connectivity index (χ0v) is 12.0. The van der Waals surface area contributed by atoms with E-state index < -0.39 is 0 Å². The summed E-state index contributed by atoms with van der Waals surface area (Å²) in [5.74, 6) is 0.143. The molecule has 0 aliphatic carbocycles. The molecule has 1 rings (SSSR count). The summed E-state index contributed by atoms with van der Waals surface area (Å²) in [5, 5.41) is 3.15. The first-order valence-corrected chi connectivity index (χ1v) is 6.76. The number of carbonyl (C=O) groups is 1. The van der Waals surface area contributed by atoms with E-state index in [1.807, 2.05) is 18.2 Å². The maximum absolute atomic E-state index is 12.0. The van der Waals surface area contributed by atoms with Crippen LogP contribution in [0.15, 0.2) is 30.3 Å². The van der Waals surface area contributed by atoms with Gasteiger partial charge in [-0.1, -0.05) is 64.4 Å². The first kappa shape index (κ1) is 14.7. The minimum atomic E-state index is 0.0392. The van der Waals surface area contributed by atoms with Crippen molar-refractivity contribution in [3.8, 4) is 0 Å². The van der Waals surface area contributed by atoms with Crippen molar-refractivity contribution >= 4 is 5.91 Å². The molecule has 1 aromatic carbocycles. The van der Waals surface area contributed by atoms with E-state index in [4.69, 9.17) is 0 Å². The molecule has 1 amide bonds. The molecule has 1 aromatic rings. The molecule has 0 fully saturated rings. The minimum absolute atomic E-state index is 0.0392. The van der Waals surface area contributed by atoms with E-state index in [1.54, 1.807) is 0 Å². The Morgan fingerprint density at radius 3 is 2.33 bits per heavy atom. The second-order valence-electron chi connectivity index (χ2n) is 6.06. The van der Waals surface area contributed by atoms with E-state index in [0.29, 0.717) is 6.42 Å². The first-order valence-electron chi connectivity index (χ1n) is 6.76. The third-order valence-corrected chi connectivity index (χ3v) is 2.81. The van der Waals surface area contributed by atoms with Crippen LogP contribution in [0.3, 0.4) is 0 Å². The fraction of sp³-hybridized carbons (Fsp3) is 0.562. The van der Waals surface area contributed by atoms with Crippen LogP contribution in [0.4, 0.5) is 0 Å². The third kappa shape index (κ3) is 5.35. The lowest BCUT2D eigenvalue weighted by atomic mass is 9.91. The van der Waals surface area contributed by atoms with Gasteiger partial charge >= 0.3 is 0 Å². The number of hydrogen-bond donors (Lipinski definition) is 1. The van der Waals surface area contributed by atoms with Crippen molar-refractivity contribution in [3.05, 3.63) is 35.9 Å². The molecule has 1 N–H and O–H groups in total. The van der Waals surface area contributed by atoms with Gasteiger partial charge in [0.15, 0.2) is 0 Å². The predicted octanol–water partition coefficient (Wildman–Crippen LogP) is 4.08. The minimum Gasteiger partial charge on any atom is -0.349 e. The van der Waals surface area contributed by atoms with Gasteiger partial charge in [-0.15, -0.1) is 0 Å².